The maximum atomic E-state index is 6.40. The van der Waals surface area contributed by atoms with E-state index in [0.717, 1.165) is 22.4 Å². The molecule has 3 nitrogen and oxygen atoms in total. The highest BCUT2D eigenvalue weighted by Gasteiger charge is 2.52. The molecule has 1 N–H and O–H groups in total. The van der Waals surface area contributed by atoms with Gasteiger partial charge in [0.2, 0.25) is 0 Å². The van der Waals surface area contributed by atoms with Crippen molar-refractivity contribution in [2.75, 3.05) is 5.32 Å². The first kappa shape index (κ1) is 17.5. The molecule has 0 unspecified atom stereocenters. The van der Waals surface area contributed by atoms with Crippen LogP contribution in [0.4, 0.5) is 11.4 Å². The number of benzene rings is 3. The molecule has 2 aliphatic rings. The molecule has 1 fully saturated rings. The van der Waals surface area contributed by atoms with Gasteiger partial charge in [0.15, 0.2) is 0 Å². The molecule has 1 saturated heterocycles. The van der Waals surface area contributed by atoms with Gasteiger partial charge >= 0.3 is 7.12 Å². The van der Waals surface area contributed by atoms with Crippen molar-refractivity contribution in [1.29, 1.82) is 0 Å². The smallest absolute Gasteiger partial charge is 0.399 e. The highest BCUT2D eigenvalue weighted by molar-refractivity contribution is 6.64. The van der Waals surface area contributed by atoms with Crippen molar-refractivity contribution in [1.82, 2.24) is 0 Å². The topological polar surface area (TPSA) is 30.5 Å². The van der Waals surface area contributed by atoms with E-state index in [1.165, 1.54) is 16.7 Å². The summed E-state index contributed by atoms with van der Waals surface area (Å²) in [5.41, 5.74) is 7.26. The van der Waals surface area contributed by atoms with Crippen molar-refractivity contribution in [3.05, 3.63) is 66.7 Å². The van der Waals surface area contributed by atoms with Crippen molar-refractivity contribution in [3.8, 4) is 22.3 Å². The van der Waals surface area contributed by atoms with Crippen molar-refractivity contribution in [2.24, 2.45) is 0 Å². The minimum atomic E-state index is -0.406. The average Bonchev–Trinajstić information content (AvgIpc) is 2.81. The third kappa shape index (κ3) is 2.52. The minimum absolute atomic E-state index is 0.374. The van der Waals surface area contributed by atoms with Crippen molar-refractivity contribution >= 4 is 24.0 Å². The average molecular weight is 369 g/mol. The molecule has 2 heterocycles. The van der Waals surface area contributed by atoms with E-state index in [1.54, 1.807) is 0 Å². The first-order valence-corrected chi connectivity index (χ1v) is 9.82. The van der Waals surface area contributed by atoms with Crippen LogP contribution in [-0.4, -0.2) is 18.3 Å². The van der Waals surface area contributed by atoms with Gasteiger partial charge in [-0.2, -0.15) is 0 Å². The van der Waals surface area contributed by atoms with Crippen molar-refractivity contribution < 1.29 is 9.31 Å². The Morgan fingerprint density at radius 3 is 1.93 bits per heavy atom. The van der Waals surface area contributed by atoms with Crippen LogP contribution in [0, 0.1) is 0 Å². The lowest BCUT2D eigenvalue weighted by Gasteiger charge is -2.32. The summed E-state index contributed by atoms with van der Waals surface area (Å²) in [6.07, 6.45) is 0. The van der Waals surface area contributed by atoms with E-state index in [2.05, 4.69) is 99.7 Å². The standard InChI is InChI=1S/C24H24BNO2/c1-23(2)24(3,4)28-25(27-23)19-13-9-15-21-22(19)18-12-6-5-10-16(18)17-11-7-8-14-20(17)26-21/h5-15,26H,1-4H3. The van der Waals surface area contributed by atoms with Crippen molar-refractivity contribution in [2.45, 2.75) is 38.9 Å². The number of para-hydroxylation sites is 1. The van der Waals surface area contributed by atoms with E-state index in [9.17, 15) is 0 Å². The Labute approximate surface area is 166 Å². The lowest BCUT2D eigenvalue weighted by molar-refractivity contribution is 0.00578. The fourth-order valence-electron chi connectivity index (χ4n) is 4.05. The maximum absolute atomic E-state index is 6.40. The highest BCUT2D eigenvalue weighted by Crippen LogP contribution is 2.44. The summed E-state index contributed by atoms with van der Waals surface area (Å²) in [4.78, 5) is 0. The second-order valence-electron chi connectivity index (χ2n) is 8.57. The lowest BCUT2D eigenvalue weighted by atomic mass is 9.73. The van der Waals surface area contributed by atoms with Crippen LogP contribution >= 0.6 is 0 Å². The molecule has 0 atom stereocenters. The molecule has 28 heavy (non-hydrogen) atoms. The fraction of sp³-hybridized carbons (Fsp3) is 0.250. The van der Waals surface area contributed by atoms with Gasteiger partial charge in [0, 0.05) is 22.5 Å². The monoisotopic (exact) mass is 369 g/mol. The Morgan fingerprint density at radius 1 is 0.643 bits per heavy atom. The minimum Gasteiger partial charge on any atom is -0.399 e. The number of hydrogen-bond donors (Lipinski definition) is 1. The number of hydrogen-bond acceptors (Lipinski definition) is 3. The van der Waals surface area contributed by atoms with Gasteiger partial charge in [0.05, 0.1) is 11.2 Å². The van der Waals surface area contributed by atoms with Crippen LogP contribution in [0.3, 0.4) is 0 Å². The van der Waals surface area contributed by atoms with Gasteiger partial charge in [-0.05, 0) is 56.4 Å². The third-order valence-corrected chi connectivity index (χ3v) is 6.29. The maximum Gasteiger partial charge on any atom is 0.495 e. The Hall–Kier alpha value is -2.56. The van der Waals surface area contributed by atoms with Gasteiger partial charge in [0.1, 0.15) is 0 Å². The zero-order valence-corrected chi connectivity index (χ0v) is 16.7. The van der Waals surface area contributed by atoms with Gasteiger partial charge in [-0.15, -0.1) is 0 Å². The van der Waals surface area contributed by atoms with Gasteiger partial charge in [-0.25, -0.2) is 0 Å². The van der Waals surface area contributed by atoms with Crippen LogP contribution in [0.2, 0.25) is 0 Å². The molecule has 3 aromatic carbocycles. The molecule has 140 valence electrons. The molecule has 0 spiro atoms. The SMILES string of the molecule is CC1(C)OB(c2cccc3c2-c2ccccc2-c2ccccc2N3)OC1(C)C. The van der Waals surface area contributed by atoms with E-state index in [4.69, 9.17) is 9.31 Å². The first-order chi connectivity index (χ1) is 13.4. The highest BCUT2D eigenvalue weighted by atomic mass is 16.7. The van der Waals surface area contributed by atoms with Crippen LogP contribution in [0.1, 0.15) is 27.7 Å². The van der Waals surface area contributed by atoms with Crippen LogP contribution in [0.5, 0.6) is 0 Å². The summed E-state index contributed by atoms with van der Waals surface area (Å²) in [7, 11) is -0.406. The van der Waals surface area contributed by atoms with Gasteiger partial charge < -0.3 is 14.6 Å². The Balaban J connectivity index is 1.74. The Kier molecular flexibility index (Phi) is 3.74. The molecular formula is C24H24BNO2. The van der Waals surface area contributed by atoms with Crippen LogP contribution in [0.15, 0.2) is 66.7 Å². The van der Waals surface area contributed by atoms with E-state index >= 15 is 0 Å². The molecule has 0 aromatic heterocycles. The summed E-state index contributed by atoms with van der Waals surface area (Å²) in [6.45, 7) is 8.38. The molecule has 5 rings (SSSR count). The van der Waals surface area contributed by atoms with Crippen LogP contribution in [0.25, 0.3) is 22.3 Å². The second kappa shape index (κ2) is 5.97. The van der Waals surface area contributed by atoms with Crippen LogP contribution < -0.4 is 10.8 Å². The van der Waals surface area contributed by atoms with E-state index in [0.29, 0.717) is 0 Å². The molecule has 0 aliphatic carbocycles. The summed E-state index contributed by atoms with van der Waals surface area (Å²) in [5, 5.41) is 3.64. The Morgan fingerprint density at radius 2 is 1.21 bits per heavy atom. The number of fused-ring (bicyclic) bond motifs is 5. The molecule has 2 aliphatic heterocycles. The normalized spacial score (nSPS) is 18.5. The quantitative estimate of drug-likeness (QED) is 0.457. The third-order valence-electron chi connectivity index (χ3n) is 6.29. The fourth-order valence-corrected chi connectivity index (χ4v) is 4.05. The van der Waals surface area contributed by atoms with Crippen LogP contribution in [-0.2, 0) is 9.31 Å². The molecule has 0 radical (unpaired) electrons. The first-order valence-electron chi connectivity index (χ1n) is 9.82. The summed E-state index contributed by atoms with van der Waals surface area (Å²) in [5.74, 6) is 0. The molecule has 4 heteroatoms. The number of nitrogens with one attached hydrogen (secondary N) is 1. The van der Waals surface area contributed by atoms with E-state index < -0.39 is 7.12 Å². The molecule has 0 bridgehead atoms. The second-order valence-corrected chi connectivity index (χ2v) is 8.57. The lowest BCUT2D eigenvalue weighted by Crippen LogP contribution is -2.41. The largest absolute Gasteiger partial charge is 0.495 e. The predicted octanol–water partition coefficient (Wildman–Crippen LogP) is 5.38. The zero-order valence-electron chi connectivity index (χ0n) is 16.7. The van der Waals surface area contributed by atoms with Gasteiger partial charge in [-0.1, -0.05) is 54.6 Å². The summed E-state index contributed by atoms with van der Waals surface area (Å²) < 4.78 is 12.8. The Bertz CT molecular complexity index is 1060. The predicted molar refractivity (Wildman–Crippen MR) is 116 cm³/mol. The molecular weight excluding hydrogens is 345 g/mol. The van der Waals surface area contributed by atoms with Gasteiger partial charge in [-0.3, -0.25) is 0 Å². The molecule has 0 saturated carbocycles. The molecule has 3 aromatic rings. The van der Waals surface area contributed by atoms with Gasteiger partial charge in [0.25, 0.3) is 0 Å². The summed E-state index contributed by atoms with van der Waals surface area (Å²) in [6, 6.07) is 23.3. The number of anilines is 2. The van der Waals surface area contributed by atoms with E-state index in [1.807, 2.05) is 0 Å². The zero-order chi connectivity index (χ0) is 19.5. The van der Waals surface area contributed by atoms with E-state index in [-0.39, 0.29) is 11.2 Å². The number of rotatable bonds is 1. The van der Waals surface area contributed by atoms with Crippen molar-refractivity contribution in [3.63, 3.8) is 0 Å². The summed E-state index contributed by atoms with van der Waals surface area (Å²) >= 11 is 0. The molecule has 0 amide bonds.